The van der Waals surface area contributed by atoms with E-state index in [1.54, 1.807) is 26.0 Å². The lowest BCUT2D eigenvalue weighted by Gasteiger charge is -2.20. The van der Waals surface area contributed by atoms with Crippen molar-refractivity contribution >= 4 is 17.3 Å². The topological polar surface area (TPSA) is 95.0 Å². The van der Waals surface area contributed by atoms with Crippen LogP contribution >= 0.6 is 11.6 Å². The Morgan fingerprint density at radius 1 is 1.22 bits per heavy atom. The van der Waals surface area contributed by atoms with E-state index in [9.17, 15) is 5.11 Å². The zero-order chi connectivity index (χ0) is 19.9. The molecule has 0 aliphatic rings. The summed E-state index contributed by atoms with van der Waals surface area (Å²) >= 11 is 6.02. The van der Waals surface area contributed by atoms with Crippen molar-refractivity contribution in [1.29, 1.82) is 5.26 Å². The smallest absolute Gasteiger partial charge is 0.247 e. The average molecular weight is 385 g/mol. The first-order chi connectivity index (χ1) is 12.8. The minimum Gasteiger partial charge on any atom is -0.423 e. The Bertz CT molecular complexity index is 898. The third-order valence-corrected chi connectivity index (χ3v) is 4.09. The van der Waals surface area contributed by atoms with Gasteiger partial charge in [0.25, 0.3) is 0 Å². The summed E-state index contributed by atoms with van der Waals surface area (Å²) in [4.78, 5) is 0. The molecule has 3 aromatic rings. The van der Waals surface area contributed by atoms with E-state index in [0.717, 1.165) is 16.8 Å². The van der Waals surface area contributed by atoms with Gasteiger partial charge in [0.05, 0.1) is 16.2 Å². The molecule has 0 aliphatic heterocycles. The molecule has 0 amide bonds. The summed E-state index contributed by atoms with van der Waals surface area (Å²) in [5.74, 6) is 0.561. The molecule has 1 heterocycles. The zero-order valence-electron chi connectivity index (χ0n) is 15.4. The van der Waals surface area contributed by atoms with Gasteiger partial charge >= 0.3 is 0 Å². The number of hydrogen-bond acceptors (Lipinski definition) is 6. The van der Waals surface area contributed by atoms with Crippen LogP contribution in [0, 0.1) is 18.3 Å². The highest BCUT2D eigenvalue weighted by Crippen LogP contribution is 2.27. The maximum atomic E-state index is 9.59. The van der Waals surface area contributed by atoms with Gasteiger partial charge in [-0.3, -0.25) is 0 Å². The molecule has 6 nitrogen and oxygen atoms in total. The van der Waals surface area contributed by atoms with E-state index < -0.39 is 5.60 Å². The van der Waals surface area contributed by atoms with E-state index in [4.69, 9.17) is 21.3 Å². The van der Waals surface area contributed by atoms with Gasteiger partial charge in [-0.1, -0.05) is 29.8 Å². The summed E-state index contributed by atoms with van der Waals surface area (Å²) in [6.07, 6.45) is 1.32. The summed E-state index contributed by atoms with van der Waals surface area (Å²) in [5.41, 5.74) is 2.29. The molecule has 0 unspecified atom stereocenters. The third kappa shape index (κ3) is 6.10. The van der Waals surface area contributed by atoms with Gasteiger partial charge < -0.3 is 14.8 Å². The number of halogens is 1. The van der Waals surface area contributed by atoms with Crippen LogP contribution < -0.4 is 5.32 Å². The summed E-state index contributed by atoms with van der Waals surface area (Å²) in [5, 5.41) is 29.3. The first-order valence-electron chi connectivity index (χ1n) is 8.29. The number of hydrogen-bond donors (Lipinski definition) is 2. The Morgan fingerprint density at radius 3 is 2.48 bits per heavy atom. The number of benzene rings is 2. The Balaban J connectivity index is 0.000000206. The van der Waals surface area contributed by atoms with Gasteiger partial charge in [-0.25, -0.2) is 0 Å². The highest BCUT2D eigenvalue weighted by molar-refractivity contribution is 6.32. The molecule has 0 bridgehead atoms. The molecule has 0 spiro atoms. The Kier molecular flexibility index (Phi) is 6.94. The van der Waals surface area contributed by atoms with Gasteiger partial charge in [0, 0.05) is 17.8 Å². The second kappa shape index (κ2) is 9.17. The van der Waals surface area contributed by atoms with Crippen LogP contribution in [0.15, 0.2) is 53.3 Å². The van der Waals surface area contributed by atoms with E-state index in [1.807, 2.05) is 43.3 Å². The highest BCUT2D eigenvalue weighted by atomic mass is 35.5. The second-order valence-electron chi connectivity index (χ2n) is 6.49. The minimum atomic E-state index is -0.785. The van der Waals surface area contributed by atoms with Gasteiger partial charge in [-0.05, 0) is 50.6 Å². The summed E-state index contributed by atoms with van der Waals surface area (Å²) in [7, 11) is 0. The second-order valence-corrected chi connectivity index (χ2v) is 6.87. The number of nitrogens with one attached hydrogen (secondary N) is 1. The normalized spacial score (nSPS) is 10.5. The van der Waals surface area contributed by atoms with Gasteiger partial charge in [-0.2, -0.15) is 5.26 Å². The lowest BCUT2D eigenvalue weighted by molar-refractivity contribution is 0.0945. The van der Waals surface area contributed by atoms with Crippen molar-refractivity contribution in [3.8, 4) is 17.5 Å². The number of nitrogens with zero attached hydrogens (tertiary/aromatic N) is 3. The summed E-state index contributed by atoms with van der Waals surface area (Å²) < 4.78 is 5.00. The first-order valence-corrected chi connectivity index (χ1v) is 8.66. The molecule has 0 saturated carbocycles. The molecular weight excluding hydrogens is 364 g/mol. The number of aromatic nitrogens is 2. The van der Waals surface area contributed by atoms with Crippen LogP contribution in [0.3, 0.4) is 0 Å². The highest BCUT2D eigenvalue weighted by Gasteiger charge is 2.13. The lowest BCUT2D eigenvalue weighted by atomic mass is 10.1. The maximum Gasteiger partial charge on any atom is 0.247 e. The van der Waals surface area contributed by atoms with E-state index in [2.05, 4.69) is 15.5 Å². The molecular formula is C20H21ClN4O2. The van der Waals surface area contributed by atoms with Crippen molar-refractivity contribution < 1.29 is 9.52 Å². The largest absolute Gasteiger partial charge is 0.423 e. The third-order valence-electron chi connectivity index (χ3n) is 3.60. The van der Waals surface area contributed by atoms with E-state index in [1.165, 1.54) is 6.39 Å². The molecule has 1 aromatic heterocycles. The van der Waals surface area contributed by atoms with Crippen molar-refractivity contribution in [2.75, 3.05) is 11.9 Å². The predicted octanol–water partition coefficient (Wildman–Crippen LogP) is 4.44. The number of nitriles is 1. The van der Waals surface area contributed by atoms with Crippen LogP contribution in [-0.4, -0.2) is 27.4 Å². The molecule has 0 atom stereocenters. The maximum absolute atomic E-state index is 9.59. The fraction of sp³-hybridized carbons (Fsp3) is 0.250. The fourth-order valence-electron chi connectivity index (χ4n) is 2.15. The molecule has 2 aromatic carbocycles. The van der Waals surface area contributed by atoms with Gasteiger partial charge in [0.15, 0.2) is 0 Å². The minimum absolute atomic E-state index is 0.427. The zero-order valence-corrected chi connectivity index (χ0v) is 16.2. The molecule has 2 N–H and O–H groups in total. The van der Waals surface area contributed by atoms with Gasteiger partial charge in [0.1, 0.15) is 6.07 Å². The number of aliphatic hydroxyl groups is 1. The Hall–Kier alpha value is -2.88. The van der Waals surface area contributed by atoms with Crippen molar-refractivity contribution in [1.82, 2.24) is 10.2 Å². The van der Waals surface area contributed by atoms with Crippen molar-refractivity contribution in [2.24, 2.45) is 0 Å². The molecule has 27 heavy (non-hydrogen) atoms. The van der Waals surface area contributed by atoms with Crippen LogP contribution in [0.5, 0.6) is 0 Å². The first kappa shape index (κ1) is 20.4. The molecule has 0 aliphatic carbocycles. The molecule has 0 saturated heterocycles. The van der Waals surface area contributed by atoms with E-state index in [-0.39, 0.29) is 0 Å². The Labute approximate surface area is 163 Å². The molecule has 0 radical (unpaired) electrons. The number of rotatable bonds is 4. The monoisotopic (exact) mass is 384 g/mol. The SMILES string of the molecule is Cc1c(NCC(C)(C)O)ccc(C#N)c1Cl.c1ccc(-c2nnco2)cc1. The van der Waals surface area contributed by atoms with Crippen molar-refractivity contribution in [3.05, 3.63) is 65.0 Å². The summed E-state index contributed by atoms with van der Waals surface area (Å²) in [6.45, 7) is 5.72. The standard InChI is InChI=1S/C12H15ClN2O.C8H6N2O/c1-8-10(15-7-12(2,3)16)5-4-9(6-14)11(8)13;1-2-4-7(5-3-1)8-10-9-6-11-8/h4-5,15-16H,7H2,1-3H3;1-6H. The van der Waals surface area contributed by atoms with Crippen LogP contribution in [0.2, 0.25) is 5.02 Å². The van der Waals surface area contributed by atoms with E-state index in [0.29, 0.717) is 23.0 Å². The van der Waals surface area contributed by atoms with E-state index >= 15 is 0 Å². The van der Waals surface area contributed by atoms with Gasteiger partial charge in [0.2, 0.25) is 12.3 Å². The fourth-order valence-corrected chi connectivity index (χ4v) is 2.36. The predicted molar refractivity (Wildman–Crippen MR) is 105 cm³/mol. The van der Waals surface area contributed by atoms with Crippen LogP contribution in [0.1, 0.15) is 25.0 Å². The van der Waals surface area contributed by atoms with Crippen LogP contribution in [-0.2, 0) is 0 Å². The molecule has 7 heteroatoms. The molecule has 140 valence electrons. The van der Waals surface area contributed by atoms with Crippen LogP contribution in [0.25, 0.3) is 11.5 Å². The molecule has 0 fully saturated rings. The van der Waals surface area contributed by atoms with Crippen molar-refractivity contribution in [2.45, 2.75) is 26.4 Å². The lowest BCUT2D eigenvalue weighted by Crippen LogP contribution is -2.29. The molecule has 3 rings (SSSR count). The Morgan fingerprint density at radius 2 is 1.93 bits per heavy atom. The average Bonchev–Trinajstić information content (AvgIpc) is 3.18. The van der Waals surface area contributed by atoms with Crippen LogP contribution in [0.4, 0.5) is 5.69 Å². The van der Waals surface area contributed by atoms with Gasteiger partial charge in [-0.15, -0.1) is 10.2 Å². The summed E-state index contributed by atoms with van der Waals surface area (Å²) in [6, 6.07) is 15.1. The number of anilines is 1. The quantitative estimate of drug-likeness (QED) is 0.690. The van der Waals surface area contributed by atoms with Crippen molar-refractivity contribution in [3.63, 3.8) is 0 Å².